The molecule has 0 saturated carbocycles. The zero-order chi connectivity index (χ0) is 17.8. The van der Waals surface area contributed by atoms with Crippen molar-refractivity contribution in [2.75, 3.05) is 24.3 Å². The summed E-state index contributed by atoms with van der Waals surface area (Å²) in [7, 11) is 0. The molecule has 0 saturated heterocycles. The van der Waals surface area contributed by atoms with Crippen molar-refractivity contribution in [3.05, 3.63) is 48.5 Å². The summed E-state index contributed by atoms with van der Waals surface area (Å²) in [5.41, 5.74) is 0.797. The average Bonchev–Trinajstić information content (AvgIpc) is 3.15. The van der Waals surface area contributed by atoms with Crippen LogP contribution in [0, 0.1) is 0 Å². The number of aromatic nitrogens is 2. The number of rotatable bonds is 5. The van der Waals surface area contributed by atoms with E-state index >= 15 is 0 Å². The molecular formula is C18H15N3O4S. The van der Waals surface area contributed by atoms with Crippen molar-refractivity contribution in [2.45, 2.75) is 4.90 Å². The van der Waals surface area contributed by atoms with E-state index in [2.05, 4.69) is 15.5 Å². The van der Waals surface area contributed by atoms with Gasteiger partial charge in [-0.1, -0.05) is 23.3 Å². The SMILES string of the molecule is O=C(CSc1ccc2c(c1)OCCO2)Nc1nnc(-c2ccccc2)o1. The van der Waals surface area contributed by atoms with Crippen LogP contribution in [-0.2, 0) is 4.79 Å². The van der Waals surface area contributed by atoms with Gasteiger partial charge in [-0.25, -0.2) is 0 Å². The average molecular weight is 369 g/mol. The van der Waals surface area contributed by atoms with E-state index in [1.165, 1.54) is 11.8 Å². The van der Waals surface area contributed by atoms with Gasteiger partial charge in [0, 0.05) is 10.5 Å². The van der Waals surface area contributed by atoms with Crippen molar-refractivity contribution in [1.82, 2.24) is 10.2 Å². The Morgan fingerprint density at radius 1 is 1.04 bits per heavy atom. The molecule has 0 fully saturated rings. The van der Waals surface area contributed by atoms with Gasteiger partial charge in [-0.3, -0.25) is 10.1 Å². The van der Waals surface area contributed by atoms with Crippen molar-refractivity contribution >= 4 is 23.7 Å². The standard InChI is InChI=1S/C18H15N3O4S/c22-16(11-26-13-6-7-14-15(10-13)24-9-8-23-14)19-18-21-20-17(25-18)12-4-2-1-3-5-12/h1-7,10H,8-9,11H2,(H,19,21,22). The molecule has 0 bridgehead atoms. The molecule has 8 heteroatoms. The normalized spacial score (nSPS) is 12.6. The number of fused-ring (bicyclic) bond motifs is 1. The summed E-state index contributed by atoms with van der Waals surface area (Å²) in [6, 6.07) is 15.1. The molecule has 2 heterocycles. The lowest BCUT2D eigenvalue weighted by atomic mass is 10.2. The van der Waals surface area contributed by atoms with Crippen molar-refractivity contribution in [3.8, 4) is 23.0 Å². The van der Waals surface area contributed by atoms with Gasteiger partial charge in [-0.05, 0) is 30.3 Å². The molecule has 2 aromatic carbocycles. The summed E-state index contributed by atoms with van der Waals surface area (Å²) in [5.74, 6) is 1.77. The first-order valence-corrected chi connectivity index (χ1v) is 8.98. The maximum absolute atomic E-state index is 12.1. The number of carbonyl (C=O) groups is 1. The molecule has 1 aromatic heterocycles. The number of ether oxygens (including phenoxy) is 2. The van der Waals surface area contributed by atoms with Crippen LogP contribution >= 0.6 is 11.8 Å². The van der Waals surface area contributed by atoms with Gasteiger partial charge in [-0.15, -0.1) is 16.9 Å². The quantitative estimate of drug-likeness (QED) is 0.691. The Morgan fingerprint density at radius 2 is 1.85 bits per heavy atom. The van der Waals surface area contributed by atoms with Gasteiger partial charge < -0.3 is 13.9 Å². The van der Waals surface area contributed by atoms with Gasteiger partial charge in [-0.2, -0.15) is 0 Å². The van der Waals surface area contributed by atoms with Crippen LogP contribution in [-0.4, -0.2) is 35.1 Å². The topological polar surface area (TPSA) is 86.5 Å². The van der Waals surface area contributed by atoms with Gasteiger partial charge in [0.2, 0.25) is 11.8 Å². The van der Waals surface area contributed by atoms with E-state index in [1.807, 2.05) is 48.5 Å². The van der Waals surface area contributed by atoms with E-state index in [1.54, 1.807) is 0 Å². The number of nitrogens with zero attached hydrogens (tertiary/aromatic N) is 2. The molecule has 4 rings (SSSR count). The fraction of sp³-hybridized carbons (Fsp3) is 0.167. The Labute approximate surface area is 153 Å². The first kappa shape index (κ1) is 16.5. The minimum absolute atomic E-state index is 0.0802. The predicted molar refractivity (Wildman–Crippen MR) is 96.5 cm³/mol. The molecule has 1 aliphatic heterocycles. The number of nitrogens with one attached hydrogen (secondary N) is 1. The summed E-state index contributed by atoms with van der Waals surface area (Å²) < 4.78 is 16.5. The Morgan fingerprint density at radius 3 is 2.69 bits per heavy atom. The molecule has 1 N–H and O–H groups in total. The Kier molecular flexibility index (Phi) is 4.74. The molecule has 26 heavy (non-hydrogen) atoms. The van der Waals surface area contributed by atoms with Crippen LogP contribution in [0.3, 0.4) is 0 Å². The highest BCUT2D eigenvalue weighted by molar-refractivity contribution is 8.00. The first-order valence-electron chi connectivity index (χ1n) is 7.99. The number of hydrogen-bond acceptors (Lipinski definition) is 7. The number of amides is 1. The summed E-state index contributed by atoms with van der Waals surface area (Å²) >= 11 is 1.39. The second kappa shape index (κ2) is 7.49. The van der Waals surface area contributed by atoms with Crippen LogP contribution in [0.1, 0.15) is 0 Å². The molecule has 0 atom stereocenters. The van der Waals surface area contributed by atoms with Crippen LogP contribution in [0.4, 0.5) is 6.01 Å². The van der Waals surface area contributed by atoms with Crippen molar-refractivity contribution in [2.24, 2.45) is 0 Å². The predicted octanol–water partition coefficient (Wildman–Crippen LogP) is 3.24. The fourth-order valence-electron chi connectivity index (χ4n) is 2.39. The summed E-state index contributed by atoms with van der Waals surface area (Å²) in [4.78, 5) is 13.0. The Balaban J connectivity index is 1.34. The van der Waals surface area contributed by atoms with Gasteiger partial charge in [0.25, 0.3) is 0 Å². The molecule has 3 aromatic rings. The second-order valence-electron chi connectivity index (χ2n) is 5.42. The second-order valence-corrected chi connectivity index (χ2v) is 6.47. The smallest absolute Gasteiger partial charge is 0.322 e. The maximum Gasteiger partial charge on any atom is 0.322 e. The lowest BCUT2D eigenvalue weighted by molar-refractivity contribution is -0.113. The monoisotopic (exact) mass is 369 g/mol. The molecule has 0 aliphatic carbocycles. The van der Waals surface area contributed by atoms with Gasteiger partial charge in [0.1, 0.15) is 13.2 Å². The molecule has 0 unspecified atom stereocenters. The number of thioether (sulfide) groups is 1. The van der Waals surface area contributed by atoms with E-state index in [4.69, 9.17) is 13.9 Å². The Bertz CT molecular complexity index is 914. The lowest BCUT2D eigenvalue weighted by Crippen LogP contribution is -2.15. The van der Waals surface area contributed by atoms with Crippen LogP contribution in [0.25, 0.3) is 11.5 Å². The molecule has 7 nitrogen and oxygen atoms in total. The van der Waals surface area contributed by atoms with Gasteiger partial charge in [0.15, 0.2) is 11.5 Å². The third-order valence-corrected chi connectivity index (χ3v) is 4.57. The summed E-state index contributed by atoms with van der Waals surface area (Å²) in [5, 5.41) is 10.4. The highest BCUT2D eigenvalue weighted by Gasteiger charge is 2.14. The fourth-order valence-corrected chi connectivity index (χ4v) is 3.11. The summed E-state index contributed by atoms with van der Waals surface area (Å²) in [6.45, 7) is 1.08. The van der Waals surface area contributed by atoms with Gasteiger partial charge >= 0.3 is 6.01 Å². The Hall–Kier alpha value is -3.00. The maximum atomic E-state index is 12.1. The van der Waals surface area contributed by atoms with Crippen molar-refractivity contribution in [1.29, 1.82) is 0 Å². The highest BCUT2D eigenvalue weighted by atomic mass is 32.2. The van der Waals surface area contributed by atoms with Crippen LogP contribution in [0.2, 0.25) is 0 Å². The number of anilines is 1. The van der Waals surface area contributed by atoms with E-state index in [-0.39, 0.29) is 17.7 Å². The molecule has 132 valence electrons. The molecule has 0 radical (unpaired) electrons. The van der Waals surface area contributed by atoms with Crippen molar-refractivity contribution in [3.63, 3.8) is 0 Å². The minimum atomic E-state index is -0.229. The van der Waals surface area contributed by atoms with Gasteiger partial charge in [0.05, 0.1) is 5.75 Å². The van der Waals surface area contributed by atoms with E-state index < -0.39 is 0 Å². The molecular weight excluding hydrogens is 354 g/mol. The number of benzene rings is 2. The molecule has 1 amide bonds. The zero-order valence-electron chi connectivity index (χ0n) is 13.7. The first-order chi connectivity index (χ1) is 12.8. The molecule has 0 spiro atoms. The van der Waals surface area contributed by atoms with E-state index in [9.17, 15) is 4.79 Å². The molecule has 1 aliphatic rings. The highest BCUT2D eigenvalue weighted by Crippen LogP contribution is 2.34. The van der Waals surface area contributed by atoms with Crippen LogP contribution < -0.4 is 14.8 Å². The number of hydrogen-bond donors (Lipinski definition) is 1. The van der Waals surface area contributed by atoms with E-state index in [0.29, 0.717) is 24.9 Å². The largest absolute Gasteiger partial charge is 0.486 e. The minimum Gasteiger partial charge on any atom is -0.486 e. The van der Waals surface area contributed by atoms with E-state index in [0.717, 1.165) is 16.2 Å². The van der Waals surface area contributed by atoms with Crippen molar-refractivity contribution < 1.29 is 18.7 Å². The number of carbonyl (C=O) groups excluding carboxylic acids is 1. The zero-order valence-corrected chi connectivity index (χ0v) is 14.5. The third kappa shape index (κ3) is 3.80. The van der Waals surface area contributed by atoms with Crippen LogP contribution in [0.5, 0.6) is 11.5 Å². The summed E-state index contributed by atoms with van der Waals surface area (Å²) in [6.07, 6.45) is 0. The lowest BCUT2D eigenvalue weighted by Gasteiger charge is -2.18. The van der Waals surface area contributed by atoms with Crippen LogP contribution in [0.15, 0.2) is 57.8 Å². The third-order valence-electron chi connectivity index (χ3n) is 3.58.